The summed E-state index contributed by atoms with van der Waals surface area (Å²) in [6, 6.07) is 1.14. The van der Waals surface area contributed by atoms with E-state index in [0.717, 1.165) is 6.07 Å². The number of H-pyrrole nitrogens is 2. The van der Waals surface area contributed by atoms with Crippen molar-refractivity contribution >= 4 is 11.9 Å². The van der Waals surface area contributed by atoms with Crippen molar-refractivity contribution in [1.29, 1.82) is 0 Å². The van der Waals surface area contributed by atoms with Crippen molar-refractivity contribution in [1.82, 2.24) is 14.9 Å². The van der Waals surface area contributed by atoms with Gasteiger partial charge in [0.05, 0.1) is 13.5 Å². The van der Waals surface area contributed by atoms with Crippen LogP contribution in [0.4, 0.5) is 0 Å². The third kappa shape index (κ3) is 4.71. The van der Waals surface area contributed by atoms with Crippen LogP contribution >= 0.6 is 0 Å². The van der Waals surface area contributed by atoms with Crippen molar-refractivity contribution in [3.05, 3.63) is 32.6 Å². The molecule has 8 heteroatoms. The number of methoxy groups -OCH3 is 1. The molecule has 1 aromatic rings. The van der Waals surface area contributed by atoms with Crippen molar-refractivity contribution in [2.24, 2.45) is 0 Å². The molecule has 0 aliphatic carbocycles. The number of hydrogen-bond acceptors (Lipinski definition) is 5. The van der Waals surface area contributed by atoms with Gasteiger partial charge in [-0.05, 0) is 6.42 Å². The van der Waals surface area contributed by atoms with Crippen LogP contribution in [0.3, 0.4) is 0 Å². The van der Waals surface area contributed by atoms with Crippen molar-refractivity contribution < 1.29 is 14.3 Å². The van der Waals surface area contributed by atoms with Gasteiger partial charge in [0.2, 0.25) is 5.91 Å². The summed E-state index contributed by atoms with van der Waals surface area (Å²) in [4.78, 5) is 51.2. The van der Waals surface area contributed by atoms with E-state index in [2.05, 4.69) is 9.72 Å². The average molecular weight is 283 g/mol. The number of aromatic nitrogens is 2. The van der Waals surface area contributed by atoms with E-state index in [0.29, 0.717) is 13.0 Å². The van der Waals surface area contributed by atoms with Gasteiger partial charge in [0.1, 0.15) is 6.54 Å². The van der Waals surface area contributed by atoms with Crippen molar-refractivity contribution in [3.8, 4) is 0 Å². The van der Waals surface area contributed by atoms with Crippen LogP contribution < -0.4 is 11.2 Å². The fourth-order valence-corrected chi connectivity index (χ4v) is 1.67. The zero-order valence-electron chi connectivity index (χ0n) is 11.4. The topological polar surface area (TPSA) is 112 Å². The molecule has 0 aliphatic heterocycles. The smallest absolute Gasteiger partial charge is 0.325 e. The molecule has 0 spiro atoms. The number of amides is 1. The second-order valence-corrected chi connectivity index (χ2v) is 4.18. The van der Waals surface area contributed by atoms with Crippen molar-refractivity contribution in [2.75, 3.05) is 20.2 Å². The highest BCUT2D eigenvalue weighted by Crippen LogP contribution is 1.99. The van der Waals surface area contributed by atoms with Gasteiger partial charge in [-0.15, -0.1) is 0 Å². The SMILES string of the molecule is CCCN(CC(=O)OC)C(=O)Cc1cc(=O)[nH]c(=O)[nH]1. The summed E-state index contributed by atoms with van der Waals surface area (Å²) in [5, 5.41) is 0. The van der Waals surface area contributed by atoms with Crippen LogP contribution in [0, 0.1) is 0 Å². The van der Waals surface area contributed by atoms with Gasteiger partial charge in [-0.25, -0.2) is 4.79 Å². The lowest BCUT2D eigenvalue weighted by molar-refractivity contribution is -0.146. The van der Waals surface area contributed by atoms with Crippen molar-refractivity contribution in [3.63, 3.8) is 0 Å². The first-order chi connectivity index (χ1) is 9.46. The number of nitrogens with one attached hydrogen (secondary N) is 2. The van der Waals surface area contributed by atoms with Crippen LogP contribution in [0.2, 0.25) is 0 Å². The maximum atomic E-state index is 12.1. The van der Waals surface area contributed by atoms with Crippen LogP contribution in [0.25, 0.3) is 0 Å². The van der Waals surface area contributed by atoms with Crippen molar-refractivity contribution in [2.45, 2.75) is 19.8 Å². The zero-order chi connectivity index (χ0) is 15.1. The molecule has 0 radical (unpaired) electrons. The standard InChI is InChI=1S/C12H17N3O5/c1-3-4-15(7-11(18)20-2)10(17)6-8-5-9(16)14-12(19)13-8/h5H,3-4,6-7H2,1-2H3,(H2,13,14,16,19). The van der Waals surface area contributed by atoms with E-state index in [1.54, 1.807) is 0 Å². The molecule has 1 heterocycles. The molecule has 0 saturated carbocycles. The molecule has 20 heavy (non-hydrogen) atoms. The fraction of sp³-hybridized carbons (Fsp3) is 0.500. The molecule has 0 aromatic carbocycles. The Morgan fingerprint density at radius 3 is 2.55 bits per heavy atom. The van der Waals surface area contributed by atoms with E-state index in [4.69, 9.17) is 0 Å². The third-order valence-electron chi connectivity index (χ3n) is 2.55. The zero-order valence-corrected chi connectivity index (χ0v) is 11.4. The van der Waals surface area contributed by atoms with E-state index in [-0.39, 0.29) is 24.6 Å². The Kier molecular flexibility index (Phi) is 5.70. The third-order valence-corrected chi connectivity index (χ3v) is 2.55. The minimum absolute atomic E-state index is 0.156. The minimum atomic E-state index is -0.671. The molecule has 0 atom stereocenters. The molecule has 0 fully saturated rings. The van der Waals surface area contributed by atoms with Gasteiger partial charge in [-0.1, -0.05) is 6.92 Å². The lowest BCUT2D eigenvalue weighted by atomic mass is 10.2. The molecule has 0 unspecified atom stereocenters. The van der Waals surface area contributed by atoms with Gasteiger partial charge >= 0.3 is 11.7 Å². The highest BCUT2D eigenvalue weighted by Gasteiger charge is 2.17. The van der Waals surface area contributed by atoms with Crippen LogP contribution in [-0.2, 0) is 20.7 Å². The Hall–Kier alpha value is -2.38. The van der Waals surface area contributed by atoms with Gasteiger partial charge in [0.15, 0.2) is 0 Å². The predicted octanol–water partition coefficient (Wildman–Crippen LogP) is -0.983. The first-order valence-corrected chi connectivity index (χ1v) is 6.13. The maximum absolute atomic E-state index is 12.1. The van der Waals surface area contributed by atoms with Crippen LogP contribution in [0.5, 0.6) is 0 Å². The second kappa shape index (κ2) is 7.27. The Labute approximate surface area is 114 Å². The van der Waals surface area contributed by atoms with E-state index >= 15 is 0 Å². The molecule has 8 nitrogen and oxygen atoms in total. The number of esters is 1. The minimum Gasteiger partial charge on any atom is -0.468 e. The lowest BCUT2D eigenvalue weighted by Gasteiger charge is -2.20. The molecule has 2 N–H and O–H groups in total. The number of aromatic amines is 2. The predicted molar refractivity (Wildman–Crippen MR) is 70.3 cm³/mol. The molecule has 1 amide bonds. The Balaban J connectivity index is 2.82. The fourth-order valence-electron chi connectivity index (χ4n) is 1.67. The summed E-state index contributed by atoms with van der Waals surface area (Å²) >= 11 is 0. The second-order valence-electron chi connectivity index (χ2n) is 4.18. The average Bonchev–Trinajstić information content (AvgIpc) is 2.36. The Morgan fingerprint density at radius 1 is 1.30 bits per heavy atom. The highest BCUT2D eigenvalue weighted by molar-refractivity contribution is 5.83. The number of carbonyl (C=O) groups is 2. The van der Waals surface area contributed by atoms with Crippen LogP contribution in [0.1, 0.15) is 19.0 Å². The molecule has 0 bridgehead atoms. The molecule has 0 saturated heterocycles. The molecule has 110 valence electrons. The summed E-state index contributed by atoms with van der Waals surface area (Å²) in [7, 11) is 1.24. The monoisotopic (exact) mass is 283 g/mol. The van der Waals surface area contributed by atoms with E-state index in [1.165, 1.54) is 12.0 Å². The first-order valence-electron chi connectivity index (χ1n) is 6.13. The number of ether oxygens (including phenoxy) is 1. The summed E-state index contributed by atoms with van der Waals surface area (Å²) < 4.78 is 4.52. The number of nitrogens with zero attached hydrogens (tertiary/aromatic N) is 1. The maximum Gasteiger partial charge on any atom is 0.325 e. The highest BCUT2D eigenvalue weighted by atomic mass is 16.5. The number of rotatable bonds is 6. The van der Waals surface area contributed by atoms with E-state index in [1.807, 2.05) is 11.9 Å². The molecule has 1 aromatic heterocycles. The van der Waals surface area contributed by atoms with Crippen LogP contribution in [-0.4, -0.2) is 46.9 Å². The Bertz CT molecular complexity index is 561. The lowest BCUT2D eigenvalue weighted by Crippen LogP contribution is -2.38. The quantitative estimate of drug-likeness (QED) is 0.651. The summed E-state index contributed by atoms with van der Waals surface area (Å²) in [5.41, 5.74) is -1.04. The van der Waals surface area contributed by atoms with Crippen LogP contribution in [0.15, 0.2) is 15.7 Å². The number of hydrogen-bond donors (Lipinski definition) is 2. The number of carbonyl (C=O) groups excluding carboxylic acids is 2. The van der Waals surface area contributed by atoms with Gasteiger partial charge in [0, 0.05) is 18.3 Å². The molecular weight excluding hydrogens is 266 g/mol. The molecule has 0 aliphatic rings. The van der Waals surface area contributed by atoms with Gasteiger partial charge < -0.3 is 14.6 Å². The molecule has 1 rings (SSSR count). The summed E-state index contributed by atoms with van der Waals surface area (Å²) in [5.74, 6) is -0.885. The first kappa shape index (κ1) is 15.7. The van der Waals surface area contributed by atoms with Gasteiger partial charge in [-0.2, -0.15) is 0 Å². The van der Waals surface area contributed by atoms with E-state index in [9.17, 15) is 19.2 Å². The normalized spacial score (nSPS) is 10.1. The summed E-state index contributed by atoms with van der Waals surface area (Å²) in [6.07, 6.45) is 0.519. The molecular formula is C12H17N3O5. The van der Waals surface area contributed by atoms with Gasteiger partial charge in [0.25, 0.3) is 5.56 Å². The van der Waals surface area contributed by atoms with Gasteiger partial charge in [-0.3, -0.25) is 19.4 Å². The Morgan fingerprint density at radius 2 is 2.00 bits per heavy atom. The summed E-state index contributed by atoms with van der Waals surface area (Å²) in [6.45, 7) is 2.10. The van der Waals surface area contributed by atoms with E-state index < -0.39 is 17.2 Å². The largest absolute Gasteiger partial charge is 0.468 e.